The summed E-state index contributed by atoms with van der Waals surface area (Å²) in [5.74, 6) is -0.906. The van der Waals surface area contributed by atoms with E-state index in [4.69, 9.17) is 5.11 Å². The van der Waals surface area contributed by atoms with E-state index in [1.54, 1.807) is 6.92 Å². The number of aliphatic hydroxyl groups excluding tert-OH is 1. The van der Waals surface area contributed by atoms with Crippen LogP contribution in [0.1, 0.15) is 85.0 Å². The van der Waals surface area contributed by atoms with E-state index in [0.29, 0.717) is 31.4 Å². The molecule has 1 rings (SSSR count). The molecule has 0 aromatic carbocycles. The molecule has 0 amide bonds. The van der Waals surface area contributed by atoms with Crippen molar-refractivity contribution in [2.24, 2.45) is 11.8 Å². The SMILES string of the molecule is C/C=C(\CCC(C)C(=O)O)C1(O)CCCC1/C=C(/O)CCCCCC. The number of unbranched alkanes of at least 4 members (excludes halogenated alkanes) is 3. The first-order valence-corrected chi connectivity index (χ1v) is 9.85. The van der Waals surface area contributed by atoms with Crippen molar-refractivity contribution in [3.63, 3.8) is 0 Å². The third kappa shape index (κ3) is 6.50. The number of aliphatic carboxylic acids is 1. The van der Waals surface area contributed by atoms with Crippen molar-refractivity contribution in [1.29, 1.82) is 0 Å². The molecule has 0 aromatic heterocycles. The van der Waals surface area contributed by atoms with E-state index in [-0.39, 0.29) is 5.92 Å². The summed E-state index contributed by atoms with van der Waals surface area (Å²) in [6.45, 7) is 5.77. The maximum Gasteiger partial charge on any atom is 0.306 e. The van der Waals surface area contributed by atoms with Gasteiger partial charge in [0, 0.05) is 12.3 Å². The third-order valence-corrected chi connectivity index (χ3v) is 5.54. The second-order valence-electron chi connectivity index (χ2n) is 7.48. The molecule has 0 radical (unpaired) electrons. The number of allylic oxidation sites excluding steroid dienone is 2. The van der Waals surface area contributed by atoms with Crippen LogP contribution in [0.4, 0.5) is 0 Å². The normalized spacial score (nSPS) is 26.0. The van der Waals surface area contributed by atoms with Crippen molar-refractivity contribution in [3.05, 3.63) is 23.5 Å². The molecule has 0 heterocycles. The largest absolute Gasteiger partial charge is 0.513 e. The summed E-state index contributed by atoms with van der Waals surface area (Å²) in [4.78, 5) is 11.0. The third-order valence-electron chi connectivity index (χ3n) is 5.54. The second-order valence-corrected chi connectivity index (χ2v) is 7.48. The van der Waals surface area contributed by atoms with Crippen LogP contribution >= 0.6 is 0 Å². The second kappa shape index (κ2) is 10.6. The smallest absolute Gasteiger partial charge is 0.306 e. The minimum Gasteiger partial charge on any atom is -0.513 e. The molecule has 3 N–H and O–H groups in total. The van der Waals surface area contributed by atoms with Crippen molar-refractivity contribution in [3.8, 4) is 0 Å². The van der Waals surface area contributed by atoms with Crippen LogP contribution in [0.2, 0.25) is 0 Å². The van der Waals surface area contributed by atoms with Gasteiger partial charge in [-0.05, 0) is 57.1 Å². The van der Waals surface area contributed by atoms with Gasteiger partial charge >= 0.3 is 5.97 Å². The highest BCUT2D eigenvalue weighted by molar-refractivity contribution is 5.69. The number of carboxylic acid groups (broad SMARTS) is 1. The van der Waals surface area contributed by atoms with E-state index < -0.39 is 17.5 Å². The molecule has 4 nitrogen and oxygen atoms in total. The number of carbonyl (C=O) groups is 1. The Morgan fingerprint density at radius 2 is 1.96 bits per heavy atom. The van der Waals surface area contributed by atoms with Crippen molar-refractivity contribution < 1.29 is 20.1 Å². The Morgan fingerprint density at radius 3 is 2.56 bits per heavy atom. The summed E-state index contributed by atoms with van der Waals surface area (Å²) in [5, 5.41) is 30.6. The minimum atomic E-state index is -0.940. The Balaban J connectivity index is 2.72. The number of hydrogen-bond acceptors (Lipinski definition) is 3. The van der Waals surface area contributed by atoms with Crippen LogP contribution in [0.15, 0.2) is 23.5 Å². The van der Waals surface area contributed by atoms with E-state index in [9.17, 15) is 15.0 Å². The summed E-state index contributed by atoms with van der Waals surface area (Å²) in [6, 6.07) is 0. The van der Waals surface area contributed by atoms with Crippen LogP contribution in [-0.2, 0) is 4.79 Å². The van der Waals surface area contributed by atoms with Gasteiger partial charge in [0.2, 0.25) is 0 Å². The maximum absolute atomic E-state index is 11.2. The molecule has 1 aliphatic rings. The quantitative estimate of drug-likeness (QED) is 0.265. The molecular weight excluding hydrogens is 316 g/mol. The van der Waals surface area contributed by atoms with Gasteiger partial charge < -0.3 is 15.3 Å². The summed E-state index contributed by atoms with van der Waals surface area (Å²) in [6.07, 6.45) is 12.5. The van der Waals surface area contributed by atoms with Crippen molar-refractivity contribution in [2.45, 2.75) is 90.6 Å². The van der Waals surface area contributed by atoms with Gasteiger partial charge in [-0.3, -0.25) is 4.79 Å². The fraction of sp³-hybridized carbons (Fsp3) is 0.762. The van der Waals surface area contributed by atoms with Gasteiger partial charge in [0.05, 0.1) is 17.3 Å². The molecule has 0 bridgehead atoms. The van der Waals surface area contributed by atoms with Crippen molar-refractivity contribution >= 4 is 5.97 Å². The summed E-state index contributed by atoms with van der Waals surface area (Å²) in [5.41, 5.74) is -0.0252. The Kier molecular flexibility index (Phi) is 9.26. The zero-order valence-electron chi connectivity index (χ0n) is 16.1. The van der Waals surface area contributed by atoms with Gasteiger partial charge in [-0.1, -0.05) is 39.2 Å². The Labute approximate surface area is 152 Å². The number of hydrogen-bond donors (Lipinski definition) is 3. The van der Waals surface area contributed by atoms with Crippen molar-refractivity contribution in [2.75, 3.05) is 0 Å². The molecular formula is C21H36O4. The maximum atomic E-state index is 11.2. The van der Waals surface area contributed by atoms with E-state index >= 15 is 0 Å². The average Bonchev–Trinajstić information content (AvgIpc) is 2.93. The molecule has 1 aliphatic carbocycles. The lowest BCUT2D eigenvalue weighted by Crippen LogP contribution is -2.35. The summed E-state index contributed by atoms with van der Waals surface area (Å²) >= 11 is 0. The minimum absolute atomic E-state index is 0.0787. The summed E-state index contributed by atoms with van der Waals surface area (Å²) in [7, 11) is 0. The molecule has 4 heteroatoms. The van der Waals surface area contributed by atoms with Gasteiger partial charge in [0.1, 0.15) is 0 Å². The van der Waals surface area contributed by atoms with Crippen LogP contribution in [0.3, 0.4) is 0 Å². The highest BCUT2D eigenvalue weighted by atomic mass is 16.4. The molecule has 25 heavy (non-hydrogen) atoms. The van der Waals surface area contributed by atoms with Crippen LogP contribution < -0.4 is 0 Å². The topological polar surface area (TPSA) is 77.8 Å². The lowest BCUT2D eigenvalue weighted by Gasteiger charge is -2.32. The molecule has 3 atom stereocenters. The van der Waals surface area contributed by atoms with Crippen LogP contribution in [0.25, 0.3) is 0 Å². The molecule has 144 valence electrons. The Morgan fingerprint density at radius 1 is 1.24 bits per heavy atom. The standard InChI is InChI=1S/C21H36O4/c1-4-6-7-8-11-19(22)15-18-10-9-14-21(18,25)17(5-2)13-12-16(3)20(23)24/h5,15-16,18,22,25H,4,6-14H2,1-3H3,(H,23,24)/b17-5+,19-15+. The Hall–Kier alpha value is -1.29. The number of rotatable bonds is 11. The fourth-order valence-electron chi connectivity index (χ4n) is 3.79. The predicted molar refractivity (Wildman–Crippen MR) is 102 cm³/mol. The molecule has 0 saturated heterocycles. The number of aliphatic hydroxyl groups is 2. The van der Waals surface area contributed by atoms with E-state index in [0.717, 1.165) is 31.3 Å². The molecule has 0 spiro atoms. The average molecular weight is 353 g/mol. The van der Waals surface area contributed by atoms with Gasteiger partial charge in [-0.2, -0.15) is 0 Å². The molecule has 1 saturated carbocycles. The van der Waals surface area contributed by atoms with Crippen LogP contribution in [0, 0.1) is 11.8 Å². The molecule has 0 aromatic rings. The zero-order chi connectivity index (χ0) is 18.9. The van der Waals surface area contributed by atoms with Gasteiger partial charge in [-0.15, -0.1) is 0 Å². The van der Waals surface area contributed by atoms with Crippen LogP contribution in [0.5, 0.6) is 0 Å². The predicted octanol–water partition coefficient (Wildman–Crippen LogP) is 5.38. The first kappa shape index (κ1) is 21.8. The first-order valence-electron chi connectivity index (χ1n) is 9.85. The molecule has 3 unspecified atom stereocenters. The molecule has 0 aliphatic heterocycles. The van der Waals surface area contributed by atoms with Crippen molar-refractivity contribution in [1.82, 2.24) is 0 Å². The van der Waals surface area contributed by atoms with E-state index in [1.165, 1.54) is 12.8 Å². The van der Waals surface area contributed by atoms with Gasteiger partial charge in [-0.25, -0.2) is 0 Å². The van der Waals surface area contributed by atoms with Crippen LogP contribution in [-0.4, -0.2) is 26.9 Å². The monoisotopic (exact) mass is 352 g/mol. The first-order chi connectivity index (χ1) is 11.8. The van der Waals surface area contributed by atoms with E-state index in [1.807, 2.05) is 19.1 Å². The highest BCUT2D eigenvalue weighted by Crippen LogP contribution is 2.44. The Bertz CT molecular complexity index is 480. The lowest BCUT2D eigenvalue weighted by atomic mass is 9.80. The van der Waals surface area contributed by atoms with Gasteiger partial charge in [0.15, 0.2) is 0 Å². The lowest BCUT2D eigenvalue weighted by molar-refractivity contribution is -0.141. The molecule has 1 fully saturated rings. The zero-order valence-corrected chi connectivity index (χ0v) is 16.1. The number of carboxylic acids is 1. The highest BCUT2D eigenvalue weighted by Gasteiger charge is 2.42. The van der Waals surface area contributed by atoms with Gasteiger partial charge in [0.25, 0.3) is 0 Å². The summed E-state index contributed by atoms with van der Waals surface area (Å²) < 4.78 is 0. The van der Waals surface area contributed by atoms with E-state index in [2.05, 4.69) is 6.92 Å². The fourth-order valence-corrected chi connectivity index (χ4v) is 3.79.